The molecule has 0 atom stereocenters. The van der Waals surface area contributed by atoms with Gasteiger partial charge in [-0.3, -0.25) is 9.59 Å². The van der Waals surface area contributed by atoms with Crippen molar-refractivity contribution in [3.63, 3.8) is 0 Å². The Bertz CT molecular complexity index is 958. The lowest BCUT2D eigenvalue weighted by molar-refractivity contribution is -0.153. The zero-order chi connectivity index (χ0) is 20.1. The van der Waals surface area contributed by atoms with Gasteiger partial charge in [0.1, 0.15) is 17.8 Å². The van der Waals surface area contributed by atoms with Crippen molar-refractivity contribution >= 4 is 11.9 Å². The molecule has 0 spiro atoms. The number of rotatable bonds is 5. The van der Waals surface area contributed by atoms with E-state index in [4.69, 9.17) is 4.74 Å². The third-order valence-corrected chi connectivity index (χ3v) is 3.84. The summed E-state index contributed by atoms with van der Waals surface area (Å²) in [6, 6.07) is 19.0. The first kappa shape index (κ1) is 19.4. The molecule has 2 aromatic carbocycles. The standard InChI is InChI=1S/C22H23N3O3/c1-22(2,3)28-19(26)14-23-21(27)18-15-25(17-12-8-5-9-13-17)24-20(18)16-10-6-4-7-11-16/h4-13,15H,14H2,1-3H3,(H,23,27). The Kier molecular flexibility index (Phi) is 5.59. The zero-order valence-corrected chi connectivity index (χ0v) is 16.2. The number of hydrogen-bond acceptors (Lipinski definition) is 4. The number of ether oxygens (including phenoxy) is 1. The van der Waals surface area contributed by atoms with Gasteiger partial charge in [0, 0.05) is 11.8 Å². The first-order valence-electron chi connectivity index (χ1n) is 9.04. The maximum Gasteiger partial charge on any atom is 0.325 e. The largest absolute Gasteiger partial charge is 0.459 e. The summed E-state index contributed by atoms with van der Waals surface area (Å²) in [5.74, 6) is -0.871. The number of benzene rings is 2. The molecule has 0 aliphatic rings. The van der Waals surface area contributed by atoms with Gasteiger partial charge in [-0.15, -0.1) is 0 Å². The van der Waals surface area contributed by atoms with E-state index in [0.717, 1.165) is 11.3 Å². The van der Waals surface area contributed by atoms with E-state index < -0.39 is 11.6 Å². The van der Waals surface area contributed by atoms with Gasteiger partial charge in [0.05, 0.1) is 11.3 Å². The quantitative estimate of drug-likeness (QED) is 0.690. The lowest BCUT2D eigenvalue weighted by atomic mass is 10.1. The number of hydrogen-bond donors (Lipinski definition) is 1. The van der Waals surface area contributed by atoms with Crippen molar-refractivity contribution in [2.45, 2.75) is 26.4 Å². The number of carbonyl (C=O) groups excluding carboxylic acids is 2. The molecule has 1 aromatic heterocycles. The predicted molar refractivity (Wildman–Crippen MR) is 107 cm³/mol. The molecule has 0 aliphatic carbocycles. The fourth-order valence-electron chi connectivity index (χ4n) is 2.69. The number of aromatic nitrogens is 2. The number of nitrogens with zero attached hydrogens (tertiary/aromatic N) is 2. The summed E-state index contributed by atoms with van der Waals surface area (Å²) in [5.41, 5.74) is 1.99. The van der Waals surface area contributed by atoms with E-state index in [1.165, 1.54) is 0 Å². The maximum atomic E-state index is 12.8. The summed E-state index contributed by atoms with van der Waals surface area (Å²) in [4.78, 5) is 24.7. The SMILES string of the molecule is CC(C)(C)OC(=O)CNC(=O)c1cn(-c2ccccc2)nc1-c1ccccc1. The molecule has 6 nitrogen and oxygen atoms in total. The van der Waals surface area contributed by atoms with Crippen LogP contribution < -0.4 is 5.32 Å². The lowest BCUT2D eigenvalue weighted by Crippen LogP contribution is -2.34. The van der Waals surface area contributed by atoms with E-state index in [0.29, 0.717) is 11.3 Å². The summed E-state index contributed by atoms with van der Waals surface area (Å²) >= 11 is 0. The highest BCUT2D eigenvalue weighted by atomic mass is 16.6. The second-order valence-electron chi connectivity index (χ2n) is 7.31. The molecule has 0 fully saturated rings. The summed E-state index contributed by atoms with van der Waals surface area (Å²) in [6.07, 6.45) is 1.67. The first-order valence-corrected chi connectivity index (χ1v) is 9.04. The van der Waals surface area contributed by atoms with E-state index in [2.05, 4.69) is 10.4 Å². The summed E-state index contributed by atoms with van der Waals surface area (Å²) < 4.78 is 6.90. The maximum absolute atomic E-state index is 12.8. The molecule has 6 heteroatoms. The fraction of sp³-hybridized carbons (Fsp3) is 0.227. The van der Waals surface area contributed by atoms with Crippen LogP contribution in [0.3, 0.4) is 0 Å². The van der Waals surface area contributed by atoms with Gasteiger partial charge in [0.15, 0.2) is 0 Å². The number of amides is 1. The van der Waals surface area contributed by atoms with Crippen molar-refractivity contribution in [3.05, 3.63) is 72.4 Å². The topological polar surface area (TPSA) is 73.2 Å². The van der Waals surface area contributed by atoms with Gasteiger partial charge < -0.3 is 10.1 Å². The van der Waals surface area contributed by atoms with Crippen molar-refractivity contribution in [1.82, 2.24) is 15.1 Å². The predicted octanol–water partition coefficient (Wildman–Crippen LogP) is 3.61. The molecule has 3 rings (SSSR count). The van der Waals surface area contributed by atoms with Crippen LogP contribution >= 0.6 is 0 Å². The van der Waals surface area contributed by atoms with Crippen molar-refractivity contribution in [1.29, 1.82) is 0 Å². The van der Waals surface area contributed by atoms with Gasteiger partial charge in [-0.1, -0.05) is 48.5 Å². The van der Waals surface area contributed by atoms with Gasteiger partial charge >= 0.3 is 5.97 Å². The van der Waals surface area contributed by atoms with Crippen LogP contribution in [0.15, 0.2) is 66.9 Å². The Hall–Kier alpha value is -3.41. The molecule has 1 N–H and O–H groups in total. The van der Waals surface area contributed by atoms with E-state index >= 15 is 0 Å². The van der Waals surface area contributed by atoms with Gasteiger partial charge in [-0.2, -0.15) is 5.10 Å². The highest BCUT2D eigenvalue weighted by Crippen LogP contribution is 2.23. The van der Waals surface area contributed by atoms with Gasteiger partial charge in [-0.05, 0) is 32.9 Å². The third-order valence-electron chi connectivity index (χ3n) is 3.84. The van der Waals surface area contributed by atoms with Gasteiger partial charge in [-0.25, -0.2) is 4.68 Å². The summed E-state index contributed by atoms with van der Waals surface area (Å²) in [6.45, 7) is 5.14. The van der Waals surface area contributed by atoms with Crippen LogP contribution in [-0.2, 0) is 9.53 Å². The molecule has 0 unspecified atom stereocenters. The van der Waals surface area contributed by atoms with E-state index in [1.807, 2.05) is 60.7 Å². The average molecular weight is 377 g/mol. The first-order chi connectivity index (χ1) is 13.3. The molecular formula is C22H23N3O3. The number of para-hydroxylation sites is 1. The van der Waals surface area contributed by atoms with Crippen molar-refractivity contribution in [2.75, 3.05) is 6.54 Å². The minimum atomic E-state index is -0.602. The minimum Gasteiger partial charge on any atom is -0.459 e. The summed E-state index contributed by atoms with van der Waals surface area (Å²) in [5, 5.41) is 7.23. The van der Waals surface area contributed by atoms with E-state index in [-0.39, 0.29) is 12.5 Å². The molecular weight excluding hydrogens is 354 g/mol. The molecule has 28 heavy (non-hydrogen) atoms. The molecule has 0 radical (unpaired) electrons. The Labute approximate surface area is 164 Å². The number of nitrogens with one attached hydrogen (secondary N) is 1. The van der Waals surface area contributed by atoms with Crippen LogP contribution in [-0.4, -0.2) is 33.8 Å². The molecule has 0 saturated heterocycles. The van der Waals surface area contributed by atoms with Crippen LogP contribution in [0.4, 0.5) is 0 Å². The van der Waals surface area contributed by atoms with Crippen LogP contribution in [0.1, 0.15) is 31.1 Å². The van der Waals surface area contributed by atoms with Crippen LogP contribution in [0, 0.1) is 0 Å². The molecule has 1 amide bonds. The highest BCUT2D eigenvalue weighted by molar-refractivity contribution is 6.01. The normalized spacial score (nSPS) is 11.1. The Morgan fingerprint density at radius 2 is 1.61 bits per heavy atom. The zero-order valence-electron chi connectivity index (χ0n) is 16.2. The van der Waals surface area contributed by atoms with E-state index in [9.17, 15) is 9.59 Å². The smallest absolute Gasteiger partial charge is 0.325 e. The monoisotopic (exact) mass is 377 g/mol. The molecule has 0 aliphatic heterocycles. The van der Waals surface area contributed by atoms with Crippen molar-refractivity contribution in [2.24, 2.45) is 0 Å². The average Bonchev–Trinajstić information content (AvgIpc) is 3.12. The van der Waals surface area contributed by atoms with Crippen molar-refractivity contribution in [3.8, 4) is 16.9 Å². The Morgan fingerprint density at radius 3 is 2.21 bits per heavy atom. The Balaban J connectivity index is 1.87. The second kappa shape index (κ2) is 8.08. The molecule has 3 aromatic rings. The third kappa shape index (κ3) is 4.85. The second-order valence-corrected chi connectivity index (χ2v) is 7.31. The lowest BCUT2D eigenvalue weighted by Gasteiger charge is -2.19. The Morgan fingerprint density at radius 1 is 1.00 bits per heavy atom. The molecule has 144 valence electrons. The van der Waals surface area contributed by atoms with Gasteiger partial charge in [0.25, 0.3) is 5.91 Å². The summed E-state index contributed by atoms with van der Waals surface area (Å²) in [7, 11) is 0. The van der Waals surface area contributed by atoms with Crippen LogP contribution in [0.2, 0.25) is 0 Å². The fourth-order valence-corrected chi connectivity index (χ4v) is 2.69. The van der Waals surface area contributed by atoms with E-state index in [1.54, 1.807) is 31.6 Å². The van der Waals surface area contributed by atoms with Crippen molar-refractivity contribution < 1.29 is 14.3 Å². The highest BCUT2D eigenvalue weighted by Gasteiger charge is 2.21. The number of carbonyl (C=O) groups is 2. The molecule has 0 bridgehead atoms. The molecule has 1 heterocycles. The minimum absolute atomic E-state index is 0.207. The van der Waals surface area contributed by atoms with Gasteiger partial charge in [0.2, 0.25) is 0 Å². The van der Waals surface area contributed by atoms with Crippen LogP contribution in [0.5, 0.6) is 0 Å². The molecule has 0 saturated carbocycles. The number of esters is 1. The van der Waals surface area contributed by atoms with Crippen LogP contribution in [0.25, 0.3) is 16.9 Å².